The summed E-state index contributed by atoms with van der Waals surface area (Å²) in [5.41, 5.74) is 10.3. The number of benzene rings is 3. The lowest BCUT2D eigenvalue weighted by atomic mass is 10.0. The van der Waals surface area contributed by atoms with E-state index in [1.807, 2.05) is 54.6 Å². The first-order valence-corrected chi connectivity index (χ1v) is 12.3. The van der Waals surface area contributed by atoms with Crippen LogP contribution in [0.2, 0.25) is 0 Å². The van der Waals surface area contributed by atoms with E-state index in [4.69, 9.17) is 15.6 Å². The van der Waals surface area contributed by atoms with E-state index in [2.05, 4.69) is 49.9 Å². The minimum atomic E-state index is 0.267. The summed E-state index contributed by atoms with van der Waals surface area (Å²) >= 11 is 0. The van der Waals surface area contributed by atoms with Crippen LogP contribution in [-0.4, -0.2) is 37.7 Å². The van der Waals surface area contributed by atoms with Gasteiger partial charge >= 0.3 is 0 Å². The number of nitrogens with zero attached hydrogens (tertiary/aromatic N) is 5. The molecule has 0 saturated carbocycles. The average molecular weight is 477 g/mol. The molecule has 1 aliphatic rings. The quantitative estimate of drug-likeness (QED) is 0.338. The molecule has 5 aromatic rings. The van der Waals surface area contributed by atoms with E-state index in [9.17, 15) is 0 Å². The molecule has 1 aliphatic heterocycles. The number of anilines is 1. The number of para-hydroxylation sites is 1. The Kier molecular flexibility index (Phi) is 6.05. The van der Waals surface area contributed by atoms with E-state index in [-0.39, 0.29) is 6.04 Å². The van der Waals surface area contributed by atoms with Crippen LogP contribution in [0.4, 0.5) is 5.82 Å². The van der Waals surface area contributed by atoms with Gasteiger partial charge in [-0.15, -0.1) is 0 Å². The summed E-state index contributed by atoms with van der Waals surface area (Å²) in [5, 5.41) is 5.85. The molecule has 6 rings (SSSR count). The van der Waals surface area contributed by atoms with Crippen LogP contribution in [0.15, 0.2) is 91.3 Å². The number of rotatable bonds is 6. The van der Waals surface area contributed by atoms with Crippen molar-refractivity contribution >= 4 is 16.9 Å². The number of ether oxygens (including phenoxy) is 1. The van der Waals surface area contributed by atoms with Crippen LogP contribution in [-0.2, 0) is 6.54 Å². The molecule has 7 heteroatoms. The topological polar surface area (TPSA) is 82.1 Å². The van der Waals surface area contributed by atoms with Crippen LogP contribution in [0.3, 0.4) is 0 Å². The van der Waals surface area contributed by atoms with Gasteiger partial charge < -0.3 is 10.5 Å². The van der Waals surface area contributed by atoms with E-state index in [1.54, 1.807) is 0 Å². The second-order valence-corrected chi connectivity index (χ2v) is 9.18. The van der Waals surface area contributed by atoms with E-state index in [1.165, 1.54) is 11.9 Å². The standard InChI is InChI=1S/C29H28N6O/c30-28-26-27(22-11-13-25(14-12-22)36-24-9-5-2-6-10-24)33-35(29(26)32-20-31-28)23-15-17-34(18-16-23)19-21-7-3-1-4-8-21/h1-14,20,23H,15-19H2,(H2,30,31,32). The van der Waals surface area contributed by atoms with Gasteiger partial charge in [0.1, 0.15) is 29.3 Å². The summed E-state index contributed by atoms with van der Waals surface area (Å²) in [6.07, 6.45) is 3.55. The Morgan fingerprint density at radius 3 is 2.19 bits per heavy atom. The minimum Gasteiger partial charge on any atom is -0.457 e. The maximum atomic E-state index is 6.34. The summed E-state index contributed by atoms with van der Waals surface area (Å²) in [7, 11) is 0. The van der Waals surface area contributed by atoms with Crippen molar-refractivity contribution in [1.29, 1.82) is 0 Å². The van der Waals surface area contributed by atoms with E-state index < -0.39 is 0 Å². The molecule has 2 aromatic heterocycles. The van der Waals surface area contributed by atoms with Crippen LogP contribution >= 0.6 is 0 Å². The first kappa shape index (κ1) is 22.2. The second kappa shape index (κ2) is 9.79. The largest absolute Gasteiger partial charge is 0.457 e. The Morgan fingerprint density at radius 2 is 1.47 bits per heavy atom. The van der Waals surface area contributed by atoms with Crippen molar-refractivity contribution in [3.8, 4) is 22.8 Å². The number of fused-ring (bicyclic) bond motifs is 1. The van der Waals surface area contributed by atoms with Gasteiger partial charge in [-0.2, -0.15) is 5.10 Å². The fourth-order valence-corrected chi connectivity index (χ4v) is 4.92. The number of hydrogen-bond acceptors (Lipinski definition) is 6. The number of likely N-dealkylation sites (tertiary alicyclic amines) is 1. The average Bonchev–Trinajstić information content (AvgIpc) is 3.32. The van der Waals surface area contributed by atoms with Crippen molar-refractivity contribution in [2.75, 3.05) is 18.8 Å². The first-order chi connectivity index (χ1) is 17.7. The third-order valence-corrected chi connectivity index (χ3v) is 6.78. The smallest absolute Gasteiger partial charge is 0.164 e. The van der Waals surface area contributed by atoms with Crippen molar-refractivity contribution in [3.05, 3.63) is 96.8 Å². The fraction of sp³-hybridized carbons (Fsp3) is 0.207. The molecule has 0 atom stereocenters. The highest BCUT2D eigenvalue weighted by atomic mass is 16.5. The molecule has 0 aliphatic carbocycles. The number of nitrogens with two attached hydrogens (primary N) is 1. The zero-order valence-electron chi connectivity index (χ0n) is 20.0. The van der Waals surface area contributed by atoms with E-state index in [0.717, 1.165) is 66.3 Å². The molecule has 180 valence electrons. The molecule has 3 heterocycles. The normalized spacial score (nSPS) is 14.8. The van der Waals surface area contributed by atoms with E-state index >= 15 is 0 Å². The Labute approximate surface area is 210 Å². The van der Waals surface area contributed by atoms with Crippen molar-refractivity contribution in [2.45, 2.75) is 25.4 Å². The van der Waals surface area contributed by atoms with Gasteiger partial charge in [0.25, 0.3) is 0 Å². The lowest BCUT2D eigenvalue weighted by Crippen LogP contribution is -2.34. The molecule has 0 amide bonds. The van der Waals surface area contributed by atoms with Crippen LogP contribution in [0.1, 0.15) is 24.4 Å². The van der Waals surface area contributed by atoms with Gasteiger partial charge in [0.15, 0.2) is 5.65 Å². The summed E-state index contributed by atoms with van der Waals surface area (Å²) < 4.78 is 8.02. The van der Waals surface area contributed by atoms with Crippen LogP contribution in [0.25, 0.3) is 22.3 Å². The molecule has 0 radical (unpaired) electrons. The number of nitrogen functional groups attached to an aromatic ring is 1. The lowest BCUT2D eigenvalue weighted by Gasteiger charge is -2.32. The van der Waals surface area contributed by atoms with Gasteiger partial charge in [-0.1, -0.05) is 48.5 Å². The summed E-state index contributed by atoms with van der Waals surface area (Å²) in [5.74, 6) is 2.02. The molecule has 0 spiro atoms. The van der Waals surface area contributed by atoms with Crippen molar-refractivity contribution in [3.63, 3.8) is 0 Å². The highest BCUT2D eigenvalue weighted by molar-refractivity contribution is 5.98. The van der Waals surface area contributed by atoms with Gasteiger partial charge in [0.2, 0.25) is 0 Å². The van der Waals surface area contributed by atoms with Crippen molar-refractivity contribution < 1.29 is 4.74 Å². The van der Waals surface area contributed by atoms with Gasteiger partial charge in [0.05, 0.1) is 11.4 Å². The van der Waals surface area contributed by atoms with Gasteiger partial charge in [-0.25, -0.2) is 14.6 Å². The van der Waals surface area contributed by atoms with Crippen LogP contribution < -0.4 is 10.5 Å². The second-order valence-electron chi connectivity index (χ2n) is 9.18. The maximum absolute atomic E-state index is 6.34. The van der Waals surface area contributed by atoms with Crippen molar-refractivity contribution in [2.24, 2.45) is 0 Å². The highest BCUT2D eigenvalue weighted by Crippen LogP contribution is 2.35. The molecule has 0 unspecified atom stereocenters. The minimum absolute atomic E-state index is 0.267. The Balaban J connectivity index is 1.24. The van der Waals surface area contributed by atoms with Gasteiger partial charge in [0, 0.05) is 25.2 Å². The van der Waals surface area contributed by atoms with Crippen molar-refractivity contribution in [1.82, 2.24) is 24.6 Å². The zero-order chi connectivity index (χ0) is 24.3. The summed E-state index contributed by atoms with van der Waals surface area (Å²) in [4.78, 5) is 11.4. The zero-order valence-corrected chi connectivity index (χ0v) is 20.0. The van der Waals surface area contributed by atoms with Gasteiger partial charge in [-0.3, -0.25) is 4.90 Å². The maximum Gasteiger partial charge on any atom is 0.164 e. The Morgan fingerprint density at radius 1 is 0.806 bits per heavy atom. The number of aromatic nitrogens is 4. The molecular formula is C29H28N6O. The van der Waals surface area contributed by atoms with Gasteiger partial charge in [-0.05, 0) is 54.8 Å². The number of hydrogen-bond donors (Lipinski definition) is 1. The van der Waals surface area contributed by atoms with Crippen LogP contribution in [0.5, 0.6) is 11.5 Å². The third-order valence-electron chi connectivity index (χ3n) is 6.78. The molecule has 2 N–H and O–H groups in total. The summed E-state index contributed by atoms with van der Waals surface area (Å²) in [6.45, 7) is 3.01. The monoisotopic (exact) mass is 476 g/mol. The highest BCUT2D eigenvalue weighted by Gasteiger charge is 2.26. The predicted molar refractivity (Wildman–Crippen MR) is 142 cm³/mol. The predicted octanol–water partition coefficient (Wildman–Crippen LogP) is 5.70. The molecule has 1 fully saturated rings. The molecule has 36 heavy (non-hydrogen) atoms. The third kappa shape index (κ3) is 4.53. The Hall–Kier alpha value is -4.23. The lowest BCUT2D eigenvalue weighted by molar-refractivity contribution is 0.175. The molecule has 1 saturated heterocycles. The van der Waals surface area contributed by atoms with E-state index in [0.29, 0.717) is 5.82 Å². The SMILES string of the molecule is Nc1ncnc2c1c(-c1ccc(Oc3ccccc3)cc1)nn2C1CCN(Cc2ccccc2)CC1. The van der Waals surface area contributed by atoms with Crippen LogP contribution in [0, 0.1) is 0 Å². The fourth-order valence-electron chi connectivity index (χ4n) is 4.92. The Bertz CT molecular complexity index is 1440. The molecule has 3 aromatic carbocycles. The number of piperidine rings is 1. The molecule has 0 bridgehead atoms. The summed E-state index contributed by atoms with van der Waals surface area (Å²) in [6, 6.07) is 28.6. The first-order valence-electron chi connectivity index (χ1n) is 12.3. The molecule has 7 nitrogen and oxygen atoms in total. The molecular weight excluding hydrogens is 448 g/mol.